The topological polar surface area (TPSA) is 55.1 Å². The Morgan fingerprint density at radius 2 is 2.13 bits per heavy atom. The first-order chi connectivity index (χ1) is 6.91. The van der Waals surface area contributed by atoms with Gasteiger partial charge in [-0.3, -0.25) is 4.79 Å². The minimum Gasteiger partial charge on any atom is -0.350 e. The van der Waals surface area contributed by atoms with E-state index in [0.717, 1.165) is 12.8 Å². The van der Waals surface area contributed by atoms with Crippen molar-refractivity contribution < 1.29 is 4.79 Å². The van der Waals surface area contributed by atoms with Gasteiger partial charge in [-0.25, -0.2) is 0 Å². The molecular formula is C12H24N2O. The summed E-state index contributed by atoms with van der Waals surface area (Å²) in [6.07, 6.45) is 4.12. The monoisotopic (exact) mass is 212 g/mol. The van der Waals surface area contributed by atoms with Crippen molar-refractivity contribution in [2.45, 2.75) is 46.1 Å². The Bertz CT molecular complexity index is 212. The van der Waals surface area contributed by atoms with Crippen LogP contribution in [-0.4, -0.2) is 18.5 Å². The van der Waals surface area contributed by atoms with Crippen molar-refractivity contribution in [1.82, 2.24) is 5.32 Å². The summed E-state index contributed by atoms with van der Waals surface area (Å²) in [6.45, 7) is 10.5. The highest BCUT2D eigenvalue weighted by atomic mass is 16.1. The van der Waals surface area contributed by atoms with Gasteiger partial charge in [-0.1, -0.05) is 19.9 Å². The summed E-state index contributed by atoms with van der Waals surface area (Å²) < 4.78 is 0. The standard InChI is InChI=1S/C12H24N2O/c1-5-10(2)14-11(15)6-7-12(3,4)8-9-13/h5,10H,1,6-9,13H2,2-4H3,(H,14,15). The molecule has 0 aromatic carbocycles. The number of amides is 1. The third-order valence-electron chi connectivity index (χ3n) is 2.59. The number of carbonyl (C=O) groups excluding carboxylic acids is 1. The molecule has 1 unspecified atom stereocenters. The Morgan fingerprint density at radius 3 is 2.60 bits per heavy atom. The van der Waals surface area contributed by atoms with E-state index in [2.05, 4.69) is 25.7 Å². The first kappa shape index (κ1) is 14.2. The molecule has 0 saturated heterocycles. The van der Waals surface area contributed by atoms with Crippen molar-refractivity contribution in [1.29, 1.82) is 0 Å². The summed E-state index contributed by atoms with van der Waals surface area (Å²) in [7, 11) is 0. The Balaban J connectivity index is 3.84. The van der Waals surface area contributed by atoms with Gasteiger partial charge in [-0.15, -0.1) is 6.58 Å². The summed E-state index contributed by atoms with van der Waals surface area (Å²) in [5.41, 5.74) is 5.67. The molecule has 0 aliphatic rings. The van der Waals surface area contributed by atoms with E-state index < -0.39 is 0 Å². The predicted molar refractivity (Wildman–Crippen MR) is 64.5 cm³/mol. The van der Waals surface area contributed by atoms with Gasteiger partial charge in [0.05, 0.1) is 0 Å². The molecule has 0 aromatic rings. The highest BCUT2D eigenvalue weighted by Gasteiger charge is 2.18. The molecule has 15 heavy (non-hydrogen) atoms. The van der Waals surface area contributed by atoms with Crippen molar-refractivity contribution in [3.05, 3.63) is 12.7 Å². The fraction of sp³-hybridized carbons (Fsp3) is 0.750. The summed E-state index contributed by atoms with van der Waals surface area (Å²) in [5, 5.41) is 2.86. The van der Waals surface area contributed by atoms with E-state index in [0.29, 0.717) is 13.0 Å². The van der Waals surface area contributed by atoms with Crippen LogP contribution in [-0.2, 0) is 4.79 Å². The molecule has 0 aliphatic carbocycles. The smallest absolute Gasteiger partial charge is 0.220 e. The van der Waals surface area contributed by atoms with Crippen LogP contribution in [0.2, 0.25) is 0 Å². The molecule has 3 nitrogen and oxygen atoms in total. The van der Waals surface area contributed by atoms with Gasteiger partial charge in [-0.05, 0) is 31.7 Å². The van der Waals surface area contributed by atoms with E-state index in [1.807, 2.05) is 6.92 Å². The second-order valence-corrected chi connectivity index (χ2v) is 4.79. The maximum Gasteiger partial charge on any atom is 0.220 e. The van der Waals surface area contributed by atoms with Crippen LogP contribution in [0.25, 0.3) is 0 Å². The van der Waals surface area contributed by atoms with Crippen LogP contribution >= 0.6 is 0 Å². The number of nitrogens with one attached hydrogen (secondary N) is 1. The van der Waals surface area contributed by atoms with Gasteiger partial charge in [0.2, 0.25) is 5.91 Å². The third kappa shape index (κ3) is 7.14. The van der Waals surface area contributed by atoms with Gasteiger partial charge in [0.1, 0.15) is 0 Å². The van der Waals surface area contributed by atoms with Crippen molar-refractivity contribution in [3.8, 4) is 0 Å². The lowest BCUT2D eigenvalue weighted by Crippen LogP contribution is -2.31. The van der Waals surface area contributed by atoms with E-state index in [-0.39, 0.29) is 17.4 Å². The Kier molecular flexibility index (Phi) is 6.25. The molecule has 3 N–H and O–H groups in total. The van der Waals surface area contributed by atoms with Gasteiger partial charge in [-0.2, -0.15) is 0 Å². The molecule has 0 bridgehead atoms. The molecule has 0 saturated carbocycles. The summed E-state index contributed by atoms with van der Waals surface area (Å²) in [6, 6.07) is 0.0510. The molecular weight excluding hydrogens is 188 g/mol. The highest BCUT2D eigenvalue weighted by Crippen LogP contribution is 2.25. The lowest BCUT2D eigenvalue weighted by Gasteiger charge is -2.23. The molecule has 0 fully saturated rings. The second-order valence-electron chi connectivity index (χ2n) is 4.79. The van der Waals surface area contributed by atoms with Crippen LogP contribution in [0.15, 0.2) is 12.7 Å². The Hall–Kier alpha value is -0.830. The fourth-order valence-electron chi connectivity index (χ4n) is 1.35. The van der Waals surface area contributed by atoms with Crippen LogP contribution in [0.1, 0.15) is 40.0 Å². The van der Waals surface area contributed by atoms with Crippen molar-refractivity contribution in [3.63, 3.8) is 0 Å². The summed E-state index contributed by atoms with van der Waals surface area (Å²) >= 11 is 0. The first-order valence-electron chi connectivity index (χ1n) is 5.53. The van der Waals surface area contributed by atoms with Crippen LogP contribution in [0, 0.1) is 5.41 Å². The summed E-state index contributed by atoms with van der Waals surface area (Å²) in [4.78, 5) is 11.5. The SMILES string of the molecule is C=CC(C)NC(=O)CCC(C)(C)CCN. The average Bonchev–Trinajstić information content (AvgIpc) is 2.15. The van der Waals surface area contributed by atoms with Crippen molar-refractivity contribution >= 4 is 5.91 Å². The molecule has 1 atom stereocenters. The Morgan fingerprint density at radius 1 is 1.53 bits per heavy atom. The predicted octanol–water partition coefficient (Wildman–Crippen LogP) is 1.83. The molecule has 0 spiro atoms. The zero-order valence-corrected chi connectivity index (χ0v) is 10.2. The van der Waals surface area contributed by atoms with Crippen LogP contribution < -0.4 is 11.1 Å². The lowest BCUT2D eigenvalue weighted by molar-refractivity contribution is -0.122. The molecule has 0 rings (SSSR count). The van der Waals surface area contributed by atoms with E-state index in [4.69, 9.17) is 5.73 Å². The van der Waals surface area contributed by atoms with Gasteiger partial charge >= 0.3 is 0 Å². The van der Waals surface area contributed by atoms with E-state index in [1.165, 1.54) is 0 Å². The zero-order chi connectivity index (χ0) is 11.9. The molecule has 0 aliphatic heterocycles. The van der Waals surface area contributed by atoms with Crippen LogP contribution in [0.4, 0.5) is 0 Å². The maximum atomic E-state index is 11.5. The van der Waals surface area contributed by atoms with Gasteiger partial charge < -0.3 is 11.1 Å². The molecule has 0 radical (unpaired) electrons. The molecule has 1 amide bonds. The maximum absolute atomic E-state index is 11.5. The number of carbonyl (C=O) groups is 1. The number of hydrogen-bond donors (Lipinski definition) is 2. The van der Waals surface area contributed by atoms with Gasteiger partial charge in [0.15, 0.2) is 0 Å². The molecule has 0 heterocycles. The van der Waals surface area contributed by atoms with E-state index in [9.17, 15) is 4.79 Å². The normalized spacial score (nSPS) is 13.3. The van der Waals surface area contributed by atoms with Gasteiger partial charge in [0, 0.05) is 12.5 Å². The quantitative estimate of drug-likeness (QED) is 0.633. The number of nitrogens with two attached hydrogens (primary N) is 1. The molecule has 3 heteroatoms. The van der Waals surface area contributed by atoms with Crippen molar-refractivity contribution in [2.75, 3.05) is 6.54 Å². The number of rotatable bonds is 7. The second kappa shape index (κ2) is 6.62. The fourth-order valence-corrected chi connectivity index (χ4v) is 1.35. The minimum absolute atomic E-state index is 0.0510. The largest absolute Gasteiger partial charge is 0.350 e. The molecule has 88 valence electrons. The van der Waals surface area contributed by atoms with Crippen LogP contribution in [0.5, 0.6) is 0 Å². The average molecular weight is 212 g/mol. The zero-order valence-electron chi connectivity index (χ0n) is 10.2. The number of hydrogen-bond acceptors (Lipinski definition) is 2. The van der Waals surface area contributed by atoms with E-state index >= 15 is 0 Å². The summed E-state index contributed by atoms with van der Waals surface area (Å²) in [5.74, 6) is 0.0903. The highest BCUT2D eigenvalue weighted by molar-refractivity contribution is 5.76. The minimum atomic E-state index is 0.0510. The molecule has 0 aromatic heterocycles. The lowest BCUT2D eigenvalue weighted by atomic mass is 9.84. The van der Waals surface area contributed by atoms with Crippen molar-refractivity contribution in [2.24, 2.45) is 11.1 Å². The van der Waals surface area contributed by atoms with Crippen LogP contribution in [0.3, 0.4) is 0 Å². The van der Waals surface area contributed by atoms with Gasteiger partial charge in [0.25, 0.3) is 0 Å². The first-order valence-corrected chi connectivity index (χ1v) is 5.53. The van der Waals surface area contributed by atoms with E-state index in [1.54, 1.807) is 6.08 Å². The third-order valence-corrected chi connectivity index (χ3v) is 2.59. The Labute approximate surface area is 93.1 Å².